The number of ether oxygens (including phenoxy) is 2. The number of benzene rings is 1. The predicted molar refractivity (Wildman–Crippen MR) is 97.2 cm³/mol. The maximum atomic E-state index is 12.2. The van der Waals surface area contributed by atoms with Gasteiger partial charge < -0.3 is 14.6 Å². The van der Waals surface area contributed by atoms with Gasteiger partial charge in [-0.05, 0) is 69.2 Å². The molecule has 1 aromatic rings. The molecular weight excluding hydrogens is 316 g/mol. The molecule has 0 aliphatic heterocycles. The molecule has 1 aromatic carbocycles. The van der Waals surface area contributed by atoms with Gasteiger partial charge in [-0.1, -0.05) is 18.2 Å². The lowest BCUT2D eigenvalue weighted by molar-refractivity contribution is -0.164. The van der Waals surface area contributed by atoms with Crippen molar-refractivity contribution in [3.63, 3.8) is 0 Å². The van der Waals surface area contributed by atoms with Crippen molar-refractivity contribution in [1.82, 2.24) is 0 Å². The van der Waals surface area contributed by atoms with Crippen molar-refractivity contribution in [3.05, 3.63) is 35.9 Å². The molecule has 4 rings (SSSR count). The maximum Gasteiger partial charge on any atom is 0.309 e. The Morgan fingerprint density at radius 1 is 1.24 bits per heavy atom. The number of carbonyl (C=O) groups excluding carboxylic acids is 1. The number of aliphatic hydroxyl groups is 1. The summed E-state index contributed by atoms with van der Waals surface area (Å²) in [4.78, 5) is 12.2. The van der Waals surface area contributed by atoms with Crippen LogP contribution in [0.2, 0.25) is 0 Å². The van der Waals surface area contributed by atoms with Crippen LogP contribution in [0.15, 0.2) is 30.3 Å². The van der Waals surface area contributed by atoms with Gasteiger partial charge in [-0.15, -0.1) is 0 Å². The summed E-state index contributed by atoms with van der Waals surface area (Å²) in [5.74, 6) is 0.807. The number of allylic oxidation sites excluding steroid dienone is 1. The Labute approximate surface area is 149 Å². The fourth-order valence-corrected chi connectivity index (χ4v) is 4.13. The second-order valence-electron chi connectivity index (χ2n) is 8.30. The van der Waals surface area contributed by atoms with Crippen LogP contribution in [0.25, 0.3) is 5.57 Å². The zero-order chi connectivity index (χ0) is 18.2. The second kappa shape index (κ2) is 6.49. The molecule has 3 aliphatic carbocycles. The van der Waals surface area contributed by atoms with E-state index >= 15 is 0 Å². The average molecular weight is 344 g/mol. The molecular formula is C21H28O4. The molecule has 1 fully saturated rings. The fourth-order valence-electron chi connectivity index (χ4n) is 4.13. The van der Waals surface area contributed by atoms with Gasteiger partial charge in [-0.25, -0.2) is 0 Å². The van der Waals surface area contributed by atoms with Crippen LogP contribution in [0.3, 0.4) is 0 Å². The summed E-state index contributed by atoms with van der Waals surface area (Å²) < 4.78 is 10.6. The molecule has 0 unspecified atom stereocenters. The molecule has 4 nitrogen and oxygen atoms in total. The van der Waals surface area contributed by atoms with Gasteiger partial charge in [0.2, 0.25) is 0 Å². The first-order valence-corrected chi connectivity index (χ1v) is 9.00. The van der Waals surface area contributed by atoms with E-state index in [4.69, 9.17) is 9.47 Å². The minimum absolute atomic E-state index is 0.00196. The zero-order valence-corrected chi connectivity index (χ0v) is 15.5. The van der Waals surface area contributed by atoms with Crippen molar-refractivity contribution in [3.8, 4) is 5.75 Å². The molecule has 0 saturated heterocycles. The van der Waals surface area contributed by atoms with Crippen LogP contribution in [-0.2, 0) is 9.53 Å². The topological polar surface area (TPSA) is 55.8 Å². The summed E-state index contributed by atoms with van der Waals surface area (Å²) in [5, 5.41) is 11.1. The Hall–Kier alpha value is -1.81. The first-order valence-electron chi connectivity index (χ1n) is 9.00. The normalized spacial score (nSPS) is 28.4. The van der Waals surface area contributed by atoms with Crippen LogP contribution < -0.4 is 4.74 Å². The van der Waals surface area contributed by atoms with E-state index in [2.05, 4.69) is 18.2 Å². The molecule has 2 bridgehead atoms. The smallest absolute Gasteiger partial charge is 0.309 e. The average Bonchev–Trinajstić information content (AvgIpc) is 2.53. The van der Waals surface area contributed by atoms with Crippen LogP contribution in [-0.4, -0.2) is 29.4 Å². The highest BCUT2D eigenvalue weighted by molar-refractivity contribution is 5.74. The van der Waals surface area contributed by atoms with Gasteiger partial charge in [0.25, 0.3) is 0 Å². The number of hydrogen-bond acceptors (Lipinski definition) is 4. The third-order valence-electron chi connectivity index (χ3n) is 5.23. The van der Waals surface area contributed by atoms with E-state index in [0.717, 1.165) is 18.6 Å². The minimum atomic E-state index is -0.985. The molecule has 0 aromatic heterocycles. The van der Waals surface area contributed by atoms with Crippen molar-refractivity contribution < 1.29 is 19.4 Å². The van der Waals surface area contributed by atoms with E-state index < -0.39 is 11.2 Å². The van der Waals surface area contributed by atoms with Gasteiger partial charge in [0.1, 0.15) is 11.4 Å². The summed E-state index contributed by atoms with van der Waals surface area (Å²) in [6.45, 7) is 5.55. The molecule has 4 heteroatoms. The standard InChI is InChI=1S/C21H28O4/c1-20(2,3)25-19(22)13-21(23)12-15-5-8-16(21)11-18(15)14-6-9-17(24-4)10-7-14/h6-7,9-11,15-16,23H,5,8,12-13H2,1-4H3/t15-,16-,21-/m1/s1. The molecule has 3 aliphatic rings. The predicted octanol–water partition coefficient (Wildman–Crippen LogP) is 3.97. The van der Waals surface area contributed by atoms with Crippen molar-refractivity contribution in [2.45, 2.75) is 57.7 Å². The lowest BCUT2D eigenvalue weighted by Crippen LogP contribution is -2.48. The monoisotopic (exact) mass is 344 g/mol. The van der Waals surface area contributed by atoms with Gasteiger partial charge in [0.15, 0.2) is 0 Å². The van der Waals surface area contributed by atoms with Gasteiger partial charge in [0, 0.05) is 5.92 Å². The van der Waals surface area contributed by atoms with Crippen LogP contribution in [0.1, 0.15) is 52.0 Å². The van der Waals surface area contributed by atoms with Gasteiger partial charge in [-0.3, -0.25) is 4.79 Å². The van der Waals surface area contributed by atoms with E-state index in [1.54, 1.807) is 7.11 Å². The second-order valence-corrected chi connectivity index (χ2v) is 8.30. The molecule has 136 valence electrons. The largest absolute Gasteiger partial charge is 0.497 e. The Kier molecular flexibility index (Phi) is 4.67. The zero-order valence-electron chi connectivity index (χ0n) is 15.5. The molecule has 0 radical (unpaired) electrons. The molecule has 0 spiro atoms. The quantitative estimate of drug-likeness (QED) is 0.840. The molecule has 3 atom stereocenters. The lowest BCUT2D eigenvalue weighted by Gasteiger charge is -2.47. The van der Waals surface area contributed by atoms with Crippen LogP contribution >= 0.6 is 0 Å². The third kappa shape index (κ3) is 3.90. The molecule has 0 amide bonds. The van der Waals surface area contributed by atoms with Gasteiger partial charge in [0.05, 0.1) is 19.1 Å². The highest BCUT2D eigenvalue weighted by Gasteiger charge is 2.48. The number of hydrogen-bond donors (Lipinski definition) is 1. The minimum Gasteiger partial charge on any atom is -0.497 e. The van der Waals surface area contributed by atoms with Gasteiger partial charge in [-0.2, -0.15) is 0 Å². The van der Waals surface area contributed by atoms with Crippen molar-refractivity contribution >= 4 is 11.5 Å². The first kappa shape index (κ1) is 18.0. The highest BCUT2D eigenvalue weighted by Crippen LogP contribution is 2.51. The number of esters is 1. The maximum absolute atomic E-state index is 12.2. The van der Waals surface area contributed by atoms with Crippen LogP contribution in [0.4, 0.5) is 0 Å². The summed E-state index contributed by atoms with van der Waals surface area (Å²) in [6.07, 6.45) is 4.83. The van der Waals surface area contributed by atoms with Crippen LogP contribution in [0, 0.1) is 11.8 Å². The molecule has 0 heterocycles. The summed E-state index contributed by atoms with van der Waals surface area (Å²) in [7, 11) is 1.66. The number of fused-ring (bicyclic) bond motifs is 2. The van der Waals surface area contributed by atoms with E-state index in [1.165, 1.54) is 11.1 Å². The number of methoxy groups -OCH3 is 1. The van der Waals surface area contributed by atoms with Gasteiger partial charge >= 0.3 is 5.97 Å². The van der Waals surface area contributed by atoms with E-state index in [-0.39, 0.29) is 24.2 Å². The summed E-state index contributed by atoms with van der Waals surface area (Å²) >= 11 is 0. The number of carbonyl (C=O) groups is 1. The Morgan fingerprint density at radius 3 is 2.44 bits per heavy atom. The van der Waals surface area contributed by atoms with Crippen molar-refractivity contribution in [2.24, 2.45) is 11.8 Å². The lowest BCUT2D eigenvalue weighted by atomic mass is 9.61. The third-order valence-corrected chi connectivity index (χ3v) is 5.23. The van der Waals surface area contributed by atoms with E-state index in [9.17, 15) is 9.90 Å². The molecule has 25 heavy (non-hydrogen) atoms. The van der Waals surface area contributed by atoms with Crippen molar-refractivity contribution in [2.75, 3.05) is 7.11 Å². The fraction of sp³-hybridized carbons (Fsp3) is 0.571. The molecule has 1 saturated carbocycles. The van der Waals surface area contributed by atoms with E-state index in [0.29, 0.717) is 6.42 Å². The summed E-state index contributed by atoms with van der Waals surface area (Å²) in [5.41, 5.74) is 0.953. The van der Waals surface area contributed by atoms with Crippen LogP contribution in [0.5, 0.6) is 5.75 Å². The number of rotatable bonds is 4. The SMILES string of the molecule is COc1ccc(C2=C[C@H]3CC[C@@H]2C[C@@]3(O)CC(=O)OC(C)(C)C)cc1. The Morgan fingerprint density at radius 2 is 1.92 bits per heavy atom. The molecule has 1 N–H and O–H groups in total. The highest BCUT2D eigenvalue weighted by atomic mass is 16.6. The van der Waals surface area contributed by atoms with Crippen molar-refractivity contribution in [1.29, 1.82) is 0 Å². The van der Waals surface area contributed by atoms with E-state index in [1.807, 2.05) is 32.9 Å². The Balaban J connectivity index is 1.77. The summed E-state index contributed by atoms with van der Waals surface area (Å²) in [6, 6.07) is 8.06. The Bertz CT molecular complexity index is 668. The first-order chi connectivity index (χ1) is 11.7.